The monoisotopic (exact) mass is 267 g/mol. The summed E-state index contributed by atoms with van der Waals surface area (Å²) in [5.41, 5.74) is -0.00792. The van der Waals surface area contributed by atoms with Gasteiger partial charge in [0.15, 0.2) is 0 Å². The number of hydrogen-bond acceptors (Lipinski definition) is 3. The molecule has 3 atom stereocenters. The van der Waals surface area contributed by atoms with E-state index in [2.05, 4.69) is 43.7 Å². The summed E-state index contributed by atoms with van der Waals surface area (Å²) >= 11 is 1.83. The lowest BCUT2D eigenvalue weighted by Crippen LogP contribution is -2.48. The summed E-state index contributed by atoms with van der Waals surface area (Å²) in [6.07, 6.45) is 4.97. The van der Waals surface area contributed by atoms with E-state index in [-0.39, 0.29) is 5.60 Å². The third kappa shape index (κ3) is 2.79. The van der Waals surface area contributed by atoms with Gasteiger partial charge in [-0.15, -0.1) is 11.3 Å². The molecule has 1 fully saturated rings. The van der Waals surface area contributed by atoms with Crippen LogP contribution in [0.1, 0.15) is 50.4 Å². The molecule has 0 spiro atoms. The Morgan fingerprint density at radius 3 is 3.00 bits per heavy atom. The molecule has 2 rings (SSSR count). The minimum absolute atomic E-state index is 0.00792. The van der Waals surface area contributed by atoms with E-state index in [4.69, 9.17) is 4.74 Å². The van der Waals surface area contributed by atoms with Crippen molar-refractivity contribution < 1.29 is 4.74 Å². The van der Waals surface area contributed by atoms with Gasteiger partial charge in [-0.1, -0.05) is 25.8 Å². The van der Waals surface area contributed by atoms with Crippen molar-refractivity contribution in [1.82, 2.24) is 5.32 Å². The topological polar surface area (TPSA) is 21.3 Å². The second-order valence-electron chi connectivity index (χ2n) is 5.44. The zero-order chi connectivity index (χ0) is 13.0. The SMILES string of the molecule is CCOC1(C(NC)c2cccs2)CCCC(C)C1. The molecule has 3 unspecified atom stereocenters. The minimum atomic E-state index is -0.00792. The van der Waals surface area contributed by atoms with E-state index in [1.54, 1.807) is 0 Å². The molecule has 0 aliphatic heterocycles. The predicted molar refractivity (Wildman–Crippen MR) is 78.1 cm³/mol. The van der Waals surface area contributed by atoms with Gasteiger partial charge in [0.2, 0.25) is 0 Å². The minimum Gasteiger partial charge on any atom is -0.373 e. The van der Waals surface area contributed by atoms with Crippen LogP contribution in [0.25, 0.3) is 0 Å². The number of nitrogens with one attached hydrogen (secondary N) is 1. The van der Waals surface area contributed by atoms with Gasteiger partial charge >= 0.3 is 0 Å². The number of ether oxygens (including phenoxy) is 1. The fraction of sp³-hybridized carbons (Fsp3) is 0.733. The molecule has 1 aromatic heterocycles. The molecular formula is C15H25NOS. The van der Waals surface area contributed by atoms with Gasteiger partial charge in [0, 0.05) is 11.5 Å². The summed E-state index contributed by atoms with van der Waals surface area (Å²) in [4.78, 5) is 1.40. The summed E-state index contributed by atoms with van der Waals surface area (Å²) in [5, 5.41) is 5.66. The van der Waals surface area contributed by atoms with Crippen LogP contribution in [-0.4, -0.2) is 19.3 Å². The quantitative estimate of drug-likeness (QED) is 0.871. The Morgan fingerprint density at radius 1 is 1.61 bits per heavy atom. The second kappa shape index (κ2) is 6.18. The van der Waals surface area contributed by atoms with Crippen LogP contribution in [0.15, 0.2) is 17.5 Å². The second-order valence-corrected chi connectivity index (χ2v) is 6.42. The highest BCUT2D eigenvalue weighted by atomic mass is 32.1. The number of thiophene rings is 1. The van der Waals surface area contributed by atoms with E-state index in [0.29, 0.717) is 6.04 Å². The summed E-state index contributed by atoms with van der Waals surface area (Å²) < 4.78 is 6.26. The highest BCUT2D eigenvalue weighted by Gasteiger charge is 2.43. The van der Waals surface area contributed by atoms with Gasteiger partial charge < -0.3 is 10.1 Å². The van der Waals surface area contributed by atoms with Crippen molar-refractivity contribution in [1.29, 1.82) is 0 Å². The Morgan fingerprint density at radius 2 is 2.44 bits per heavy atom. The van der Waals surface area contributed by atoms with Crippen molar-refractivity contribution in [2.45, 2.75) is 51.2 Å². The molecule has 2 nitrogen and oxygen atoms in total. The van der Waals surface area contributed by atoms with E-state index in [1.165, 1.54) is 30.6 Å². The largest absolute Gasteiger partial charge is 0.373 e. The fourth-order valence-electron chi connectivity index (χ4n) is 3.43. The Bertz CT molecular complexity index is 347. The zero-order valence-corrected chi connectivity index (χ0v) is 12.6. The summed E-state index contributed by atoms with van der Waals surface area (Å²) in [7, 11) is 2.06. The van der Waals surface area contributed by atoms with Gasteiger partial charge in [0.1, 0.15) is 0 Å². The molecule has 0 amide bonds. The van der Waals surface area contributed by atoms with Gasteiger partial charge in [-0.05, 0) is 44.2 Å². The van der Waals surface area contributed by atoms with Gasteiger partial charge in [0.05, 0.1) is 11.6 Å². The fourth-order valence-corrected chi connectivity index (χ4v) is 4.37. The van der Waals surface area contributed by atoms with Crippen molar-refractivity contribution >= 4 is 11.3 Å². The van der Waals surface area contributed by atoms with Gasteiger partial charge in [-0.2, -0.15) is 0 Å². The maximum Gasteiger partial charge on any atom is 0.0886 e. The number of rotatable bonds is 5. The van der Waals surface area contributed by atoms with Crippen LogP contribution in [-0.2, 0) is 4.74 Å². The molecule has 0 radical (unpaired) electrons. The molecule has 1 saturated carbocycles. The van der Waals surface area contributed by atoms with Crippen LogP contribution < -0.4 is 5.32 Å². The standard InChI is InChI=1S/C15H25NOS/c1-4-17-15(9-5-7-12(2)11-15)14(16-3)13-8-6-10-18-13/h6,8,10,12,14,16H,4-5,7,9,11H2,1-3H3. The lowest BCUT2D eigenvalue weighted by molar-refractivity contribution is -0.0996. The van der Waals surface area contributed by atoms with Crippen LogP contribution in [0.3, 0.4) is 0 Å². The molecule has 1 aliphatic rings. The van der Waals surface area contributed by atoms with E-state index in [1.807, 2.05) is 11.3 Å². The molecule has 3 heteroatoms. The van der Waals surface area contributed by atoms with Crippen LogP contribution in [0.4, 0.5) is 0 Å². The zero-order valence-electron chi connectivity index (χ0n) is 11.7. The first-order valence-electron chi connectivity index (χ1n) is 7.06. The van der Waals surface area contributed by atoms with Gasteiger partial charge in [-0.25, -0.2) is 0 Å². The lowest BCUT2D eigenvalue weighted by atomic mass is 9.74. The maximum atomic E-state index is 6.26. The van der Waals surface area contributed by atoms with Crippen molar-refractivity contribution in [2.75, 3.05) is 13.7 Å². The molecule has 18 heavy (non-hydrogen) atoms. The summed E-state index contributed by atoms with van der Waals surface area (Å²) in [5.74, 6) is 0.765. The first-order chi connectivity index (χ1) is 8.72. The molecular weight excluding hydrogens is 242 g/mol. The highest BCUT2D eigenvalue weighted by molar-refractivity contribution is 7.10. The van der Waals surface area contributed by atoms with Gasteiger partial charge in [-0.3, -0.25) is 0 Å². The van der Waals surface area contributed by atoms with E-state index >= 15 is 0 Å². The molecule has 0 saturated heterocycles. The van der Waals surface area contributed by atoms with Crippen molar-refractivity contribution in [3.63, 3.8) is 0 Å². The molecule has 1 aromatic rings. The smallest absolute Gasteiger partial charge is 0.0886 e. The van der Waals surface area contributed by atoms with E-state index in [9.17, 15) is 0 Å². The molecule has 0 bridgehead atoms. The Labute approximate surface area is 115 Å². The van der Waals surface area contributed by atoms with Crippen LogP contribution in [0, 0.1) is 5.92 Å². The van der Waals surface area contributed by atoms with Crippen molar-refractivity contribution in [2.24, 2.45) is 5.92 Å². The molecule has 0 aromatic carbocycles. The van der Waals surface area contributed by atoms with Crippen LogP contribution >= 0.6 is 11.3 Å². The van der Waals surface area contributed by atoms with Crippen LogP contribution in [0.2, 0.25) is 0 Å². The summed E-state index contributed by atoms with van der Waals surface area (Å²) in [6, 6.07) is 4.70. The Hall–Kier alpha value is -0.380. The van der Waals surface area contributed by atoms with Crippen molar-refractivity contribution in [3.8, 4) is 0 Å². The molecule has 1 aliphatic carbocycles. The Balaban J connectivity index is 2.26. The average molecular weight is 267 g/mol. The van der Waals surface area contributed by atoms with Gasteiger partial charge in [0.25, 0.3) is 0 Å². The third-order valence-corrected chi connectivity index (χ3v) is 5.00. The first kappa shape index (κ1) is 14.0. The average Bonchev–Trinajstić information content (AvgIpc) is 2.84. The number of hydrogen-bond donors (Lipinski definition) is 1. The Kier molecular flexibility index (Phi) is 4.82. The lowest BCUT2D eigenvalue weighted by Gasteiger charge is -2.45. The van der Waals surface area contributed by atoms with E-state index < -0.39 is 0 Å². The first-order valence-corrected chi connectivity index (χ1v) is 7.94. The van der Waals surface area contributed by atoms with Crippen LogP contribution in [0.5, 0.6) is 0 Å². The third-order valence-electron chi connectivity index (χ3n) is 4.07. The number of likely N-dealkylation sites (N-methyl/N-ethyl adjacent to an activating group) is 1. The molecule has 1 N–H and O–H groups in total. The van der Waals surface area contributed by atoms with E-state index in [0.717, 1.165) is 12.5 Å². The molecule has 1 heterocycles. The maximum absolute atomic E-state index is 6.26. The molecule has 102 valence electrons. The summed E-state index contributed by atoms with van der Waals surface area (Å²) in [6.45, 7) is 5.27. The van der Waals surface area contributed by atoms with Crippen molar-refractivity contribution in [3.05, 3.63) is 22.4 Å². The predicted octanol–water partition coefficient (Wildman–Crippen LogP) is 3.99. The highest BCUT2D eigenvalue weighted by Crippen LogP contribution is 2.44. The normalized spacial score (nSPS) is 30.3.